The topological polar surface area (TPSA) is 55.4 Å². The number of esters is 1. The zero-order chi connectivity index (χ0) is 19.1. The van der Waals surface area contributed by atoms with Crippen LogP contribution in [0.15, 0.2) is 48.5 Å². The molecular weight excluding hydrogens is 357 g/mol. The van der Waals surface area contributed by atoms with E-state index in [2.05, 4.69) is 5.32 Å². The molecule has 2 aromatic rings. The third-order valence-electron chi connectivity index (χ3n) is 4.09. The average Bonchev–Trinajstić information content (AvgIpc) is 2.62. The molecule has 0 spiro atoms. The minimum atomic E-state index is -1.04. The maximum atomic E-state index is 13.8. The van der Waals surface area contributed by atoms with Gasteiger partial charge in [0, 0.05) is 17.5 Å². The Labute approximate surface area is 157 Å². The largest absolute Gasteiger partial charge is 0.449 e. The van der Waals surface area contributed by atoms with Crippen LogP contribution in [-0.2, 0) is 9.53 Å². The van der Waals surface area contributed by atoms with Gasteiger partial charge in [-0.25, -0.2) is 9.18 Å². The molecular formula is C20H21ClFNO3. The lowest BCUT2D eigenvalue weighted by Gasteiger charge is -2.18. The Morgan fingerprint density at radius 3 is 2.50 bits per heavy atom. The van der Waals surface area contributed by atoms with Crippen LogP contribution in [0.2, 0.25) is 5.02 Å². The summed E-state index contributed by atoms with van der Waals surface area (Å²) >= 11 is 5.66. The van der Waals surface area contributed by atoms with Gasteiger partial charge in [0.05, 0.1) is 5.56 Å². The van der Waals surface area contributed by atoms with Crippen molar-refractivity contribution in [1.82, 2.24) is 5.32 Å². The molecule has 2 aromatic carbocycles. The fraction of sp³-hybridized carbons (Fsp3) is 0.300. The number of carbonyl (C=O) groups is 2. The summed E-state index contributed by atoms with van der Waals surface area (Å²) in [5, 5.41) is 2.96. The van der Waals surface area contributed by atoms with E-state index in [1.165, 1.54) is 19.1 Å². The van der Waals surface area contributed by atoms with E-state index < -0.39 is 23.8 Å². The summed E-state index contributed by atoms with van der Waals surface area (Å²) in [5.41, 5.74) is 0.868. The zero-order valence-corrected chi connectivity index (χ0v) is 15.4. The molecule has 0 saturated carbocycles. The number of carbonyl (C=O) groups excluding carboxylic acids is 2. The molecule has 1 amide bonds. The number of rotatable bonds is 7. The average molecular weight is 378 g/mol. The highest BCUT2D eigenvalue weighted by molar-refractivity contribution is 6.30. The molecule has 0 aliphatic heterocycles. The van der Waals surface area contributed by atoms with E-state index in [0.717, 1.165) is 18.1 Å². The highest BCUT2D eigenvalue weighted by atomic mass is 35.5. The second-order valence-corrected chi connectivity index (χ2v) is 6.37. The molecule has 0 unspecified atom stereocenters. The molecule has 2 atom stereocenters. The van der Waals surface area contributed by atoms with Gasteiger partial charge in [0.25, 0.3) is 5.91 Å². The first-order chi connectivity index (χ1) is 12.4. The first-order valence-electron chi connectivity index (χ1n) is 8.41. The lowest BCUT2D eigenvalue weighted by molar-refractivity contribution is -0.129. The molecule has 138 valence electrons. The second-order valence-electron chi connectivity index (χ2n) is 5.93. The SMILES string of the molecule is CC[C@@H](CNC(=O)[C@H](C)OC(=O)c1ccc(Cl)cc1F)c1ccccc1. The lowest BCUT2D eigenvalue weighted by Crippen LogP contribution is -2.38. The fourth-order valence-electron chi connectivity index (χ4n) is 2.52. The molecule has 2 rings (SSSR count). The first-order valence-corrected chi connectivity index (χ1v) is 8.78. The van der Waals surface area contributed by atoms with Gasteiger partial charge in [0.15, 0.2) is 6.10 Å². The van der Waals surface area contributed by atoms with Crippen molar-refractivity contribution < 1.29 is 18.7 Å². The van der Waals surface area contributed by atoms with Gasteiger partial charge in [-0.15, -0.1) is 0 Å². The van der Waals surface area contributed by atoms with Crippen LogP contribution >= 0.6 is 11.6 Å². The monoisotopic (exact) mass is 377 g/mol. The quantitative estimate of drug-likeness (QED) is 0.730. The summed E-state index contributed by atoms with van der Waals surface area (Å²) in [4.78, 5) is 24.2. The number of amides is 1. The minimum absolute atomic E-state index is 0.164. The summed E-state index contributed by atoms with van der Waals surface area (Å²) in [6.07, 6.45) is -0.181. The Morgan fingerprint density at radius 2 is 1.88 bits per heavy atom. The van der Waals surface area contributed by atoms with Crippen molar-refractivity contribution in [3.63, 3.8) is 0 Å². The van der Waals surface area contributed by atoms with Gasteiger partial charge in [-0.05, 0) is 37.1 Å². The molecule has 0 saturated heterocycles. The molecule has 26 heavy (non-hydrogen) atoms. The van der Waals surface area contributed by atoms with Crippen LogP contribution in [0.4, 0.5) is 4.39 Å². The van der Waals surface area contributed by atoms with Crippen LogP contribution in [-0.4, -0.2) is 24.5 Å². The minimum Gasteiger partial charge on any atom is -0.449 e. The van der Waals surface area contributed by atoms with Crippen molar-refractivity contribution in [1.29, 1.82) is 0 Å². The van der Waals surface area contributed by atoms with Gasteiger partial charge in [0.1, 0.15) is 5.82 Å². The number of hydrogen-bond acceptors (Lipinski definition) is 3. The molecule has 0 aromatic heterocycles. The molecule has 0 aliphatic rings. The van der Waals surface area contributed by atoms with E-state index in [4.69, 9.17) is 16.3 Å². The molecule has 4 nitrogen and oxygen atoms in total. The van der Waals surface area contributed by atoms with Crippen molar-refractivity contribution in [2.75, 3.05) is 6.54 Å². The number of ether oxygens (including phenoxy) is 1. The normalized spacial score (nSPS) is 12.9. The summed E-state index contributed by atoms with van der Waals surface area (Å²) in [5.74, 6) is -1.96. The number of halogens is 2. The van der Waals surface area contributed by atoms with Gasteiger partial charge < -0.3 is 10.1 Å². The van der Waals surface area contributed by atoms with Crippen molar-refractivity contribution in [3.8, 4) is 0 Å². The Bertz CT molecular complexity index is 767. The van der Waals surface area contributed by atoms with Gasteiger partial charge in [-0.2, -0.15) is 0 Å². The van der Waals surface area contributed by atoms with Gasteiger partial charge in [-0.3, -0.25) is 4.79 Å². The van der Waals surface area contributed by atoms with Crippen molar-refractivity contribution in [3.05, 3.63) is 70.5 Å². The van der Waals surface area contributed by atoms with E-state index in [1.54, 1.807) is 0 Å². The van der Waals surface area contributed by atoms with E-state index in [9.17, 15) is 14.0 Å². The fourth-order valence-corrected chi connectivity index (χ4v) is 2.68. The summed E-state index contributed by atoms with van der Waals surface area (Å²) in [6.45, 7) is 3.91. The Hall–Kier alpha value is -2.40. The Balaban J connectivity index is 1.91. The smallest absolute Gasteiger partial charge is 0.341 e. The first kappa shape index (κ1) is 19.9. The predicted molar refractivity (Wildman–Crippen MR) is 98.8 cm³/mol. The maximum Gasteiger partial charge on any atom is 0.341 e. The molecule has 0 heterocycles. The van der Waals surface area contributed by atoms with Crippen LogP contribution in [0.25, 0.3) is 0 Å². The molecule has 0 aliphatic carbocycles. The standard InChI is InChI=1S/C20H21ClFNO3/c1-3-14(15-7-5-4-6-8-15)12-23-19(24)13(2)26-20(25)17-10-9-16(21)11-18(17)22/h4-11,13-14H,3,12H2,1-2H3,(H,23,24)/t13-,14-/m0/s1. The third kappa shape index (κ3) is 5.30. The maximum absolute atomic E-state index is 13.8. The molecule has 1 N–H and O–H groups in total. The van der Waals surface area contributed by atoms with Crippen LogP contribution in [0.1, 0.15) is 42.1 Å². The molecule has 0 bridgehead atoms. The third-order valence-corrected chi connectivity index (χ3v) is 4.33. The summed E-state index contributed by atoms with van der Waals surface area (Å²) < 4.78 is 18.8. The molecule has 6 heteroatoms. The Kier molecular flexibility index (Phi) is 7.16. The van der Waals surface area contributed by atoms with Crippen LogP contribution in [0, 0.1) is 5.82 Å². The van der Waals surface area contributed by atoms with Crippen molar-refractivity contribution in [2.24, 2.45) is 0 Å². The van der Waals surface area contributed by atoms with E-state index in [-0.39, 0.29) is 16.5 Å². The van der Waals surface area contributed by atoms with Crippen LogP contribution in [0.3, 0.4) is 0 Å². The number of nitrogens with one attached hydrogen (secondary N) is 1. The van der Waals surface area contributed by atoms with E-state index in [0.29, 0.717) is 6.54 Å². The summed E-state index contributed by atoms with van der Waals surface area (Å²) in [7, 11) is 0. The highest BCUT2D eigenvalue weighted by Crippen LogP contribution is 2.18. The predicted octanol–water partition coefficient (Wildman–Crippen LogP) is 4.33. The van der Waals surface area contributed by atoms with E-state index in [1.807, 2.05) is 37.3 Å². The zero-order valence-electron chi connectivity index (χ0n) is 14.7. The van der Waals surface area contributed by atoms with Gasteiger partial charge in [-0.1, -0.05) is 48.9 Å². The number of benzene rings is 2. The highest BCUT2D eigenvalue weighted by Gasteiger charge is 2.22. The second kappa shape index (κ2) is 9.34. The number of hydrogen-bond donors (Lipinski definition) is 1. The van der Waals surface area contributed by atoms with Gasteiger partial charge in [0.2, 0.25) is 0 Å². The van der Waals surface area contributed by atoms with E-state index >= 15 is 0 Å². The summed E-state index contributed by atoms with van der Waals surface area (Å²) in [6, 6.07) is 13.5. The Morgan fingerprint density at radius 1 is 1.19 bits per heavy atom. The molecule has 0 fully saturated rings. The lowest BCUT2D eigenvalue weighted by atomic mass is 9.96. The van der Waals surface area contributed by atoms with Crippen LogP contribution in [0.5, 0.6) is 0 Å². The van der Waals surface area contributed by atoms with Gasteiger partial charge >= 0.3 is 5.97 Å². The van der Waals surface area contributed by atoms with Crippen molar-refractivity contribution in [2.45, 2.75) is 32.3 Å². The molecule has 0 radical (unpaired) electrons. The van der Waals surface area contributed by atoms with Crippen molar-refractivity contribution >= 4 is 23.5 Å². The van der Waals surface area contributed by atoms with Crippen LogP contribution < -0.4 is 5.32 Å².